The molecule has 0 unspecified atom stereocenters. The minimum atomic E-state index is -0.175. The number of benzene rings is 2. The van der Waals surface area contributed by atoms with Gasteiger partial charge in [-0.1, -0.05) is 22.9 Å². The molecule has 3 aromatic rings. The van der Waals surface area contributed by atoms with Crippen molar-refractivity contribution in [2.24, 2.45) is 5.92 Å². The number of methoxy groups -OCH3 is 1. The molecular formula is C23H24ClN3O4S. The molecule has 1 saturated heterocycles. The van der Waals surface area contributed by atoms with Gasteiger partial charge in [-0.3, -0.25) is 9.59 Å². The van der Waals surface area contributed by atoms with E-state index in [1.165, 1.54) is 18.4 Å². The quantitative estimate of drug-likeness (QED) is 0.553. The van der Waals surface area contributed by atoms with Crippen LogP contribution in [0, 0.1) is 5.92 Å². The summed E-state index contributed by atoms with van der Waals surface area (Å²) in [6, 6.07) is 10.7. The Hall–Kier alpha value is -2.84. The van der Waals surface area contributed by atoms with Crippen molar-refractivity contribution in [1.82, 2.24) is 9.88 Å². The monoisotopic (exact) mass is 473 g/mol. The molecule has 168 valence electrons. The Balaban J connectivity index is 1.37. The number of nitrogens with zero attached hydrogens (tertiary/aromatic N) is 2. The van der Waals surface area contributed by atoms with Gasteiger partial charge in [-0.05, 0) is 56.2 Å². The van der Waals surface area contributed by atoms with Crippen LogP contribution in [0.15, 0.2) is 36.4 Å². The van der Waals surface area contributed by atoms with Gasteiger partial charge in [-0.25, -0.2) is 4.98 Å². The van der Waals surface area contributed by atoms with Crippen molar-refractivity contribution in [3.63, 3.8) is 0 Å². The molecule has 2 heterocycles. The number of amides is 2. The molecule has 1 aliphatic rings. The number of anilines is 1. The van der Waals surface area contributed by atoms with Crippen molar-refractivity contribution >= 4 is 50.1 Å². The molecule has 32 heavy (non-hydrogen) atoms. The van der Waals surface area contributed by atoms with E-state index in [-0.39, 0.29) is 17.7 Å². The summed E-state index contributed by atoms with van der Waals surface area (Å²) in [5.41, 5.74) is 1.26. The Kier molecular flexibility index (Phi) is 6.81. The highest BCUT2D eigenvalue weighted by molar-refractivity contribution is 7.22. The van der Waals surface area contributed by atoms with E-state index in [1.807, 2.05) is 25.1 Å². The lowest BCUT2D eigenvalue weighted by atomic mass is 9.95. The predicted octanol–water partition coefficient (Wildman–Crippen LogP) is 4.85. The zero-order valence-corrected chi connectivity index (χ0v) is 19.5. The van der Waals surface area contributed by atoms with Crippen LogP contribution in [-0.2, 0) is 4.79 Å². The van der Waals surface area contributed by atoms with E-state index in [9.17, 15) is 9.59 Å². The maximum Gasteiger partial charge on any atom is 0.257 e. The molecule has 1 aromatic heterocycles. The Morgan fingerprint density at radius 1 is 1.22 bits per heavy atom. The smallest absolute Gasteiger partial charge is 0.257 e. The molecule has 0 bridgehead atoms. The summed E-state index contributed by atoms with van der Waals surface area (Å²) in [5.74, 6) is 0.893. The summed E-state index contributed by atoms with van der Waals surface area (Å²) in [5, 5.41) is 3.99. The van der Waals surface area contributed by atoms with Gasteiger partial charge in [0.1, 0.15) is 11.5 Å². The van der Waals surface area contributed by atoms with E-state index in [0.717, 1.165) is 16.0 Å². The Bertz CT molecular complexity index is 1140. The molecule has 1 N–H and O–H groups in total. The standard InChI is InChI=1S/C23H24ClN3O4S/c1-3-31-16-5-6-18-20(13-16)32-23(25-18)26-21(28)14-8-10-27(11-9-14)22(29)17-12-15(24)4-7-19(17)30-2/h4-7,12-14H,3,8-11H2,1-2H3,(H,25,26,28). The van der Waals surface area contributed by atoms with Crippen molar-refractivity contribution in [3.8, 4) is 11.5 Å². The van der Waals surface area contributed by atoms with E-state index in [4.69, 9.17) is 21.1 Å². The number of carbonyl (C=O) groups excluding carboxylic acids is 2. The number of carbonyl (C=O) groups is 2. The van der Waals surface area contributed by atoms with Gasteiger partial charge in [0.15, 0.2) is 5.13 Å². The summed E-state index contributed by atoms with van der Waals surface area (Å²) in [6.45, 7) is 3.51. The first-order chi connectivity index (χ1) is 15.5. The van der Waals surface area contributed by atoms with Crippen molar-refractivity contribution in [3.05, 3.63) is 47.0 Å². The fourth-order valence-electron chi connectivity index (χ4n) is 3.78. The van der Waals surface area contributed by atoms with Crippen LogP contribution in [-0.4, -0.2) is 48.5 Å². The first-order valence-corrected chi connectivity index (χ1v) is 11.6. The van der Waals surface area contributed by atoms with Crippen LogP contribution in [0.25, 0.3) is 10.2 Å². The minimum Gasteiger partial charge on any atom is -0.496 e. The van der Waals surface area contributed by atoms with Crippen LogP contribution >= 0.6 is 22.9 Å². The van der Waals surface area contributed by atoms with E-state index < -0.39 is 0 Å². The topological polar surface area (TPSA) is 80.8 Å². The number of piperidine rings is 1. The highest BCUT2D eigenvalue weighted by Crippen LogP contribution is 2.31. The summed E-state index contributed by atoms with van der Waals surface area (Å²) in [4.78, 5) is 32.0. The summed E-state index contributed by atoms with van der Waals surface area (Å²) < 4.78 is 11.8. The van der Waals surface area contributed by atoms with Crippen LogP contribution in [0.1, 0.15) is 30.1 Å². The SMILES string of the molecule is CCOc1ccc2nc(NC(=O)C3CCN(C(=O)c4cc(Cl)ccc4OC)CC3)sc2c1. The largest absolute Gasteiger partial charge is 0.496 e. The highest BCUT2D eigenvalue weighted by Gasteiger charge is 2.29. The van der Waals surface area contributed by atoms with Crippen LogP contribution in [0.2, 0.25) is 5.02 Å². The number of halogens is 1. The maximum absolute atomic E-state index is 12.9. The molecule has 1 fully saturated rings. The Morgan fingerprint density at radius 3 is 2.72 bits per heavy atom. The van der Waals surface area contributed by atoms with E-state index in [1.54, 1.807) is 23.1 Å². The molecule has 9 heteroatoms. The first-order valence-electron chi connectivity index (χ1n) is 10.5. The van der Waals surface area contributed by atoms with E-state index in [0.29, 0.717) is 54.0 Å². The summed E-state index contributed by atoms with van der Waals surface area (Å²) in [7, 11) is 1.52. The number of likely N-dealkylation sites (tertiary alicyclic amines) is 1. The van der Waals surface area contributed by atoms with Crippen LogP contribution in [0.5, 0.6) is 11.5 Å². The van der Waals surface area contributed by atoms with Gasteiger partial charge >= 0.3 is 0 Å². The average Bonchev–Trinajstić information content (AvgIpc) is 3.20. The van der Waals surface area contributed by atoms with Crippen LogP contribution in [0.3, 0.4) is 0 Å². The van der Waals surface area contributed by atoms with Gasteiger partial charge < -0.3 is 19.7 Å². The first kappa shape index (κ1) is 22.4. The zero-order valence-electron chi connectivity index (χ0n) is 17.9. The third-order valence-electron chi connectivity index (χ3n) is 5.45. The van der Waals surface area contributed by atoms with Gasteiger partial charge in [-0.2, -0.15) is 0 Å². The second-order valence-electron chi connectivity index (χ2n) is 7.48. The third-order valence-corrected chi connectivity index (χ3v) is 6.61. The highest BCUT2D eigenvalue weighted by atomic mass is 35.5. The van der Waals surface area contributed by atoms with Crippen molar-refractivity contribution in [2.45, 2.75) is 19.8 Å². The van der Waals surface area contributed by atoms with Gasteiger partial charge in [-0.15, -0.1) is 0 Å². The number of nitrogens with one attached hydrogen (secondary N) is 1. The normalized spacial score (nSPS) is 14.4. The zero-order chi connectivity index (χ0) is 22.7. The van der Waals surface area contributed by atoms with Crippen molar-refractivity contribution in [2.75, 3.05) is 32.1 Å². The molecule has 2 amide bonds. The van der Waals surface area contributed by atoms with Gasteiger partial charge in [0, 0.05) is 24.0 Å². The van der Waals surface area contributed by atoms with Gasteiger partial charge in [0.2, 0.25) is 5.91 Å². The molecule has 0 saturated carbocycles. The number of rotatable bonds is 6. The van der Waals surface area contributed by atoms with Gasteiger partial charge in [0.05, 0.1) is 29.5 Å². The lowest BCUT2D eigenvalue weighted by Crippen LogP contribution is -2.41. The second kappa shape index (κ2) is 9.75. The summed E-state index contributed by atoms with van der Waals surface area (Å²) >= 11 is 7.48. The number of thiazole rings is 1. The molecule has 7 nitrogen and oxygen atoms in total. The van der Waals surface area contributed by atoms with Crippen LogP contribution in [0.4, 0.5) is 5.13 Å². The maximum atomic E-state index is 12.9. The van der Waals surface area contributed by atoms with Crippen molar-refractivity contribution < 1.29 is 19.1 Å². The van der Waals surface area contributed by atoms with E-state index >= 15 is 0 Å². The number of aromatic nitrogens is 1. The number of fused-ring (bicyclic) bond motifs is 1. The predicted molar refractivity (Wildman–Crippen MR) is 126 cm³/mol. The molecule has 0 atom stereocenters. The molecular weight excluding hydrogens is 450 g/mol. The molecule has 0 aliphatic carbocycles. The van der Waals surface area contributed by atoms with Crippen LogP contribution < -0.4 is 14.8 Å². The molecule has 0 spiro atoms. The molecule has 4 rings (SSSR count). The van der Waals surface area contributed by atoms with E-state index in [2.05, 4.69) is 10.3 Å². The molecule has 0 radical (unpaired) electrons. The lowest BCUT2D eigenvalue weighted by Gasteiger charge is -2.31. The number of ether oxygens (including phenoxy) is 2. The number of hydrogen-bond donors (Lipinski definition) is 1. The molecule has 2 aromatic carbocycles. The number of hydrogen-bond acceptors (Lipinski definition) is 6. The second-order valence-corrected chi connectivity index (χ2v) is 8.95. The lowest BCUT2D eigenvalue weighted by molar-refractivity contribution is -0.121. The fourth-order valence-corrected chi connectivity index (χ4v) is 4.85. The van der Waals surface area contributed by atoms with Gasteiger partial charge in [0.25, 0.3) is 5.91 Å². The fraction of sp³-hybridized carbons (Fsp3) is 0.348. The molecule has 1 aliphatic heterocycles. The third kappa shape index (κ3) is 4.81. The Morgan fingerprint density at radius 2 is 2.00 bits per heavy atom. The van der Waals surface area contributed by atoms with Crippen molar-refractivity contribution in [1.29, 1.82) is 0 Å². The average molecular weight is 474 g/mol. The summed E-state index contributed by atoms with van der Waals surface area (Å²) in [6.07, 6.45) is 1.17. The Labute approximate surface area is 195 Å². The minimum absolute atomic E-state index is 0.0680.